The summed E-state index contributed by atoms with van der Waals surface area (Å²) in [5.74, 6) is 0.892. The Kier molecular flexibility index (Phi) is 4.26. The van der Waals surface area contributed by atoms with E-state index in [1.165, 1.54) is 32.6 Å². The van der Waals surface area contributed by atoms with Crippen LogP contribution in [0.25, 0.3) is 0 Å². The van der Waals surface area contributed by atoms with Crippen LogP contribution in [0, 0.1) is 5.92 Å². The van der Waals surface area contributed by atoms with Crippen LogP contribution in [-0.4, -0.2) is 33.3 Å². The normalized spacial score (nSPS) is 22.1. The number of carboxylic acids is 1. The summed E-state index contributed by atoms with van der Waals surface area (Å²) in [6, 6.07) is 0. The third-order valence-electron chi connectivity index (χ3n) is 2.67. The van der Waals surface area contributed by atoms with Crippen LogP contribution in [0.1, 0.15) is 32.6 Å². The van der Waals surface area contributed by atoms with E-state index in [0.717, 1.165) is 11.7 Å². The Hall–Kier alpha value is -0.220. The maximum Gasteiger partial charge on any atom is 0.336 e. The van der Waals surface area contributed by atoms with Crippen molar-refractivity contribution < 1.29 is 15.0 Å². The van der Waals surface area contributed by atoms with Crippen molar-refractivity contribution in [3.05, 3.63) is 0 Å². The first-order valence-electron chi connectivity index (χ1n) is 5.06. The molecule has 1 atom stereocenters. The van der Waals surface area contributed by atoms with Gasteiger partial charge in [0.25, 0.3) is 0 Å². The third-order valence-corrected chi connectivity index (χ3v) is 4.15. The molecule has 82 valence electrons. The van der Waals surface area contributed by atoms with E-state index in [0.29, 0.717) is 5.75 Å². The summed E-state index contributed by atoms with van der Waals surface area (Å²) in [7, 11) is 0. The highest BCUT2D eigenvalue weighted by atomic mass is 32.2. The van der Waals surface area contributed by atoms with Gasteiger partial charge in [-0.2, -0.15) is 11.8 Å². The number of aliphatic carboxylic acids is 1. The van der Waals surface area contributed by atoms with E-state index in [9.17, 15) is 9.90 Å². The molecule has 0 amide bonds. The minimum absolute atomic E-state index is 0.291. The van der Waals surface area contributed by atoms with Crippen LogP contribution in [0.3, 0.4) is 0 Å². The summed E-state index contributed by atoms with van der Waals surface area (Å²) in [5, 5.41) is 18.1. The van der Waals surface area contributed by atoms with Crippen LogP contribution in [0.2, 0.25) is 0 Å². The van der Waals surface area contributed by atoms with Gasteiger partial charge in [-0.15, -0.1) is 0 Å². The zero-order chi connectivity index (χ0) is 10.6. The average molecular weight is 218 g/mol. The van der Waals surface area contributed by atoms with Gasteiger partial charge in [0.05, 0.1) is 0 Å². The second-order valence-corrected chi connectivity index (χ2v) is 5.27. The van der Waals surface area contributed by atoms with Crippen molar-refractivity contribution in [1.82, 2.24) is 0 Å². The zero-order valence-corrected chi connectivity index (χ0v) is 9.35. The first kappa shape index (κ1) is 11.9. The Morgan fingerprint density at radius 2 is 2.07 bits per heavy atom. The lowest BCUT2D eigenvalue weighted by Gasteiger charge is -2.18. The maximum atomic E-state index is 10.6. The Morgan fingerprint density at radius 3 is 2.57 bits per heavy atom. The van der Waals surface area contributed by atoms with Crippen LogP contribution in [0.15, 0.2) is 0 Å². The molecule has 4 heteroatoms. The number of rotatable bonds is 5. The molecular formula is C10H18O3S. The fourth-order valence-corrected chi connectivity index (χ4v) is 2.97. The standard InChI is InChI=1S/C10H18O3S/c1-10(13,9(11)12)7-14-6-8-4-2-3-5-8/h8,13H,2-7H2,1H3,(H,11,12). The third kappa shape index (κ3) is 3.50. The van der Waals surface area contributed by atoms with Gasteiger partial charge >= 0.3 is 5.97 Å². The zero-order valence-electron chi connectivity index (χ0n) is 8.53. The molecule has 1 aliphatic rings. The highest BCUT2D eigenvalue weighted by Crippen LogP contribution is 2.28. The summed E-state index contributed by atoms with van der Waals surface area (Å²) in [5.41, 5.74) is -1.57. The number of aliphatic hydroxyl groups is 1. The van der Waals surface area contributed by atoms with Crippen molar-refractivity contribution in [3.63, 3.8) is 0 Å². The second kappa shape index (κ2) is 5.03. The molecule has 0 bridgehead atoms. The lowest BCUT2D eigenvalue weighted by molar-refractivity contribution is -0.154. The van der Waals surface area contributed by atoms with E-state index in [2.05, 4.69) is 0 Å². The summed E-state index contributed by atoms with van der Waals surface area (Å²) in [6.07, 6.45) is 5.14. The van der Waals surface area contributed by atoms with E-state index in [-0.39, 0.29) is 0 Å². The molecule has 2 N–H and O–H groups in total. The highest BCUT2D eigenvalue weighted by molar-refractivity contribution is 7.99. The predicted octanol–water partition coefficient (Wildman–Crippen LogP) is 1.75. The van der Waals surface area contributed by atoms with Gasteiger partial charge < -0.3 is 10.2 Å². The van der Waals surface area contributed by atoms with E-state index in [1.54, 1.807) is 11.8 Å². The molecule has 0 aromatic rings. The average Bonchev–Trinajstić information content (AvgIpc) is 2.56. The van der Waals surface area contributed by atoms with Crippen molar-refractivity contribution in [2.75, 3.05) is 11.5 Å². The molecule has 1 rings (SSSR count). The maximum absolute atomic E-state index is 10.6. The predicted molar refractivity (Wildman–Crippen MR) is 57.5 cm³/mol. The van der Waals surface area contributed by atoms with Crippen molar-refractivity contribution in [2.24, 2.45) is 5.92 Å². The largest absolute Gasteiger partial charge is 0.479 e. The van der Waals surface area contributed by atoms with Crippen molar-refractivity contribution in [1.29, 1.82) is 0 Å². The first-order valence-corrected chi connectivity index (χ1v) is 6.21. The summed E-state index contributed by atoms with van der Waals surface area (Å²) in [6.45, 7) is 1.36. The Labute approximate surface area is 88.9 Å². The van der Waals surface area contributed by atoms with Gasteiger partial charge in [-0.05, 0) is 31.4 Å². The molecule has 0 spiro atoms. The molecule has 1 saturated carbocycles. The van der Waals surface area contributed by atoms with Crippen LogP contribution in [0.4, 0.5) is 0 Å². The van der Waals surface area contributed by atoms with Crippen LogP contribution >= 0.6 is 11.8 Å². The van der Waals surface area contributed by atoms with Gasteiger partial charge in [0.1, 0.15) is 0 Å². The number of hydrogen-bond acceptors (Lipinski definition) is 3. The van der Waals surface area contributed by atoms with Crippen LogP contribution < -0.4 is 0 Å². The molecule has 0 aliphatic heterocycles. The molecule has 0 aromatic carbocycles. The van der Waals surface area contributed by atoms with Crippen molar-refractivity contribution in [2.45, 2.75) is 38.2 Å². The van der Waals surface area contributed by atoms with Gasteiger partial charge in [0.2, 0.25) is 0 Å². The quantitative estimate of drug-likeness (QED) is 0.738. The molecule has 0 heterocycles. The fraction of sp³-hybridized carbons (Fsp3) is 0.900. The lowest BCUT2D eigenvalue weighted by atomic mass is 10.1. The van der Waals surface area contributed by atoms with Crippen LogP contribution in [0.5, 0.6) is 0 Å². The monoisotopic (exact) mass is 218 g/mol. The Balaban J connectivity index is 2.16. The molecule has 1 unspecified atom stereocenters. The van der Waals surface area contributed by atoms with Gasteiger partial charge in [-0.3, -0.25) is 0 Å². The smallest absolute Gasteiger partial charge is 0.336 e. The molecule has 0 radical (unpaired) electrons. The minimum Gasteiger partial charge on any atom is -0.479 e. The molecule has 1 aliphatic carbocycles. The van der Waals surface area contributed by atoms with Crippen LogP contribution in [-0.2, 0) is 4.79 Å². The number of hydrogen-bond donors (Lipinski definition) is 2. The molecule has 0 saturated heterocycles. The lowest BCUT2D eigenvalue weighted by Crippen LogP contribution is -2.37. The SMILES string of the molecule is CC(O)(CSCC1CCCC1)C(=O)O. The molecule has 1 fully saturated rings. The van der Waals surface area contributed by atoms with Gasteiger partial charge in [0, 0.05) is 5.75 Å². The molecular weight excluding hydrogens is 200 g/mol. The van der Waals surface area contributed by atoms with Gasteiger partial charge in [0.15, 0.2) is 5.60 Å². The summed E-state index contributed by atoms with van der Waals surface area (Å²) >= 11 is 1.55. The Morgan fingerprint density at radius 1 is 1.50 bits per heavy atom. The topological polar surface area (TPSA) is 57.5 Å². The van der Waals surface area contributed by atoms with Gasteiger partial charge in [-0.25, -0.2) is 4.79 Å². The van der Waals surface area contributed by atoms with E-state index in [4.69, 9.17) is 5.11 Å². The van der Waals surface area contributed by atoms with E-state index in [1.807, 2.05) is 0 Å². The Bertz CT molecular complexity index is 198. The molecule has 0 aromatic heterocycles. The number of carboxylic acid groups (broad SMARTS) is 1. The van der Waals surface area contributed by atoms with Gasteiger partial charge in [-0.1, -0.05) is 12.8 Å². The van der Waals surface area contributed by atoms with E-state index < -0.39 is 11.6 Å². The van der Waals surface area contributed by atoms with Crippen molar-refractivity contribution >= 4 is 17.7 Å². The summed E-state index contributed by atoms with van der Waals surface area (Å²) in [4.78, 5) is 10.6. The number of carbonyl (C=O) groups is 1. The summed E-state index contributed by atoms with van der Waals surface area (Å²) < 4.78 is 0. The highest BCUT2D eigenvalue weighted by Gasteiger charge is 2.30. The van der Waals surface area contributed by atoms with E-state index >= 15 is 0 Å². The molecule has 3 nitrogen and oxygen atoms in total. The number of thioether (sulfide) groups is 1. The fourth-order valence-electron chi connectivity index (χ4n) is 1.66. The minimum atomic E-state index is -1.57. The second-order valence-electron chi connectivity index (χ2n) is 4.24. The van der Waals surface area contributed by atoms with Crippen molar-refractivity contribution in [3.8, 4) is 0 Å². The molecule has 14 heavy (non-hydrogen) atoms. The first-order chi connectivity index (χ1) is 6.52.